The zero-order valence-corrected chi connectivity index (χ0v) is 10.5. The van der Waals surface area contributed by atoms with Crippen molar-refractivity contribution in [3.05, 3.63) is 30.3 Å². The molecule has 0 spiro atoms. The van der Waals surface area contributed by atoms with Gasteiger partial charge < -0.3 is 10.6 Å². The molecule has 0 aromatic heterocycles. The Morgan fingerprint density at radius 3 is 2.53 bits per heavy atom. The topological polar surface area (TPSA) is 41.6 Å². The van der Waals surface area contributed by atoms with Gasteiger partial charge in [-0.25, -0.2) is 4.99 Å². The predicted octanol–water partition coefficient (Wildman–Crippen LogP) is 2.77. The Balaban J connectivity index is 2.12. The number of benzene rings is 1. The van der Waals surface area contributed by atoms with Crippen LogP contribution in [0.5, 0.6) is 0 Å². The Labute approximate surface area is 103 Å². The number of anilines is 1. The van der Waals surface area contributed by atoms with E-state index in [-0.39, 0.29) is 0 Å². The van der Waals surface area contributed by atoms with Crippen LogP contribution in [0.25, 0.3) is 0 Å². The van der Waals surface area contributed by atoms with Gasteiger partial charge in [-0.05, 0) is 31.9 Å². The van der Waals surface area contributed by atoms with Gasteiger partial charge in [-0.1, -0.05) is 31.0 Å². The highest BCUT2D eigenvalue weighted by atomic mass is 15.3. The van der Waals surface area contributed by atoms with E-state index in [1.54, 1.807) is 0 Å². The van der Waals surface area contributed by atoms with Crippen molar-refractivity contribution in [3.63, 3.8) is 0 Å². The smallest absolute Gasteiger partial charge is 0.196 e. The SMILES string of the molecule is CCN(C(N)=NC1CCCC1)c1ccccc1. The molecule has 0 bridgehead atoms. The first kappa shape index (κ1) is 12.0. The van der Waals surface area contributed by atoms with Crippen LogP contribution in [0.4, 0.5) is 5.69 Å². The van der Waals surface area contributed by atoms with E-state index < -0.39 is 0 Å². The van der Waals surface area contributed by atoms with Crippen molar-refractivity contribution in [2.45, 2.75) is 38.6 Å². The molecule has 92 valence electrons. The molecule has 0 heterocycles. The fraction of sp³-hybridized carbons (Fsp3) is 0.500. The van der Waals surface area contributed by atoms with Crippen molar-refractivity contribution >= 4 is 11.6 Å². The standard InChI is InChI=1S/C14H21N3/c1-2-17(13-10-4-3-5-11-13)14(15)16-12-8-6-7-9-12/h3-5,10-12H,2,6-9H2,1H3,(H2,15,16). The highest BCUT2D eigenvalue weighted by Crippen LogP contribution is 2.21. The second-order valence-corrected chi connectivity index (χ2v) is 4.51. The van der Waals surface area contributed by atoms with Crippen molar-refractivity contribution < 1.29 is 0 Å². The van der Waals surface area contributed by atoms with Gasteiger partial charge in [0, 0.05) is 12.2 Å². The third-order valence-corrected chi connectivity index (χ3v) is 3.30. The quantitative estimate of drug-likeness (QED) is 0.642. The summed E-state index contributed by atoms with van der Waals surface area (Å²) in [6.07, 6.45) is 4.96. The number of hydrogen-bond donors (Lipinski definition) is 1. The lowest BCUT2D eigenvalue weighted by Crippen LogP contribution is -2.38. The molecule has 2 N–H and O–H groups in total. The summed E-state index contributed by atoms with van der Waals surface area (Å²) >= 11 is 0. The molecule has 0 unspecified atom stereocenters. The molecule has 1 aromatic carbocycles. The first-order valence-electron chi connectivity index (χ1n) is 6.47. The third kappa shape index (κ3) is 2.99. The Kier molecular flexibility index (Phi) is 4.02. The van der Waals surface area contributed by atoms with Crippen LogP contribution in [0.2, 0.25) is 0 Å². The van der Waals surface area contributed by atoms with E-state index >= 15 is 0 Å². The number of nitrogens with two attached hydrogens (primary N) is 1. The molecule has 0 amide bonds. The summed E-state index contributed by atoms with van der Waals surface area (Å²) in [5, 5.41) is 0. The summed E-state index contributed by atoms with van der Waals surface area (Å²) in [7, 11) is 0. The van der Waals surface area contributed by atoms with Gasteiger partial charge in [0.2, 0.25) is 0 Å². The zero-order chi connectivity index (χ0) is 12.1. The van der Waals surface area contributed by atoms with E-state index in [1.807, 2.05) is 18.2 Å². The van der Waals surface area contributed by atoms with E-state index in [2.05, 4.69) is 28.9 Å². The maximum atomic E-state index is 6.12. The average Bonchev–Trinajstić information content (AvgIpc) is 2.84. The number of aliphatic imine (C=N–C) groups is 1. The van der Waals surface area contributed by atoms with Crippen LogP contribution in [0, 0.1) is 0 Å². The van der Waals surface area contributed by atoms with E-state index in [0.717, 1.165) is 12.2 Å². The number of para-hydroxylation sites is 1. The molecule has 17 heavy (non-hydrogen) atoms. The maximum absolute atomic E-state index is 6.12. The van der Waals surface area contributed by atoms with Crippen molar-refractivity contribution in [2.75, 3.05) is 11.4 Å². The first-order valence-corrected chi connectivity index (χ1v) is 6.47. The van der Waals surface area contributed by atoms with E-state index in [0.29, 0.717) is 12.0 Å². The summed E-state index contributed by atoms with van der Waals surface area (Å²) in [5.74, 6) is 0.658. The lowest BCUT2D eigenvalue weighted by atomic mass is 10.2. The van der Waals surface area contributed by atoms with E-state index in [9.17, 15) is 0 Å². The largest absolute Gasteiger partial charge is 0.370 e. The zero-order valence-electron chi connectivity index (χ0n) is 10.5. The van der Waals surface area contributed by atoms with Crippen molar-refractivity contribution in [1.82, 2.24) is 0 Å². The molecule has 0 radical (unpaired) electrons. The Hall–Kier alpha value is -1.51. The summed E-state index contributed by atoms with van der Waals surface area (Å²) in [5.41, 5.74) is 7.24. The molecule has 1 aliphatic carbocycles. The molecule has 3 nitrogen and oxygen atoms in total. The predicted molar refractivity (Wildman–Crippen MR) is 73.3 cm³/mol. The molecule has 1 aliphatic rings. The van der Waals surface area contributed by atoms with Crippen LogP contribution in [0.3, 0.4) is 0 Å². The van der Waals surface area contributed by atoms with Crippen LogP contribution in [0.15, 0.2) is 35.3 Å². The fourth-order valence-electron chi connectivity index (χ4n) is 2.37. The van der Waals surface area contributed by atoms with Gasteiger partial charge >= 0.3 is 0 Å². The summed E-state index contributed by atoms with van der Waals surface area (Å²) in [6.45, 7) is 2.95. The van der Waals surface area contributed by atoms with Gasteiger partial charge in [-0.15, -0.1) is 0 Å². The Bertz CT molecular complexity index is 366. The van der Waals surface area contributed by atoms with Gasteiger partial charge in [0.1, 0.15) is 0 Å². The van der Waals surface area contributed by atoms with Crippen LogP contribution in [-0.4, -0.2) is 18.5 Å². The summed E-state index contributed by atoms with van der Waals surface area (Å²) < 4.78 is 0. The molecular formula is C14H21N3. The number of nitrogens with zero attached hydrogens (tertiary/aromatic N) is 2. The Morgan fingerprint density at radius 1 is 1.29 bits per heavy atom. The normalized spacial score (nSPS) is 17.4. The second-order valence-electron chi connectivity index (χ2n) is 4.51. The minimum absolute atomic E-state index is 0.438. The van der Waals surface area contributed by atoms with Crippen LogP contribution in [-0.2, 0) is 0 Å². The van der Waals surface area contributed by atoms with Crippen LogP contribution < -0.4 is 10.6 Å². The highest BCUT2D eigenvalue weighted by Gasteiger charge is 2.16. The van der Waals surface area contributed by atoms with Crippen molar-refractivity contribution in [2.24, 2.45) is 10.7 Å². The minimum Gasteiger partial charge on any atom is -0.370 e. The molecular weight excluding hydrogens is 210 g/mol. The van der Waals surface area contributed by atoms with Gasteiger partial charge in [0.05, 0.1) is 6.04 Å². The molecule has 1 aromatic rings. The van der Waals surface area contributed by atoms with Gasteiger partial charge in [0.25, 0.3) is 0 Å². The first-order chi connectivity index (χ1) is 8.31. The van der Waals surface area contributed by atoms with Crippen LogP contribution >= 0.6 is 0 Å². The van der Waals surface area contributed by atoms with Gasteiger partial charge in [0.15, 0.2) is 5.96 Å². The lowest BCUT2D eigenvalue weighted by Gasteiger charge is -2.22. The third-order valence-electron chi connectivity index (χ3n) is 3.30. The molecule has 2 rings (SSSR count). The minimum atomic E-state index is 0.438. The maximum Gasteiger partial charge on any atom is 0.196 e. The van der Waals surface area contributed by atoms with Crippen molar-refractivity contribution in [1.29, 1.82) is 0 Å². The van der Waals surface area contributed by atoms with Crippen molar-refractivity contribution in [3.8, 4) is 0 Å². The molecule has 1 saturated carbocycles. The molecule has 0 saturated heterocycles. The van der Waals surface area contributed by atoms with E-state index in [1.165, 1.54) is 25.7 Å². The number of rotatable bonds is 3. The summed E-state index contributed by atoms with van der Waals surface area (Å²) in [6, 6.07) is 10.7. The van der Waals surface area contributed by atoms with E-state index in [4.69, 9.17) is 5.73 Å². The average molecular weight is 231 g/mol. The summed E-state index contributed by atoms with van der Waals surface area (Å²) in [4.78, 5) is 6.71. The van der Waals surface area contributed by atoms with Gasteiger partial charge in [-0.3, -0.25) is 0 Å². The van der Waals surface area contributed by atoms with Crippen LogP contribution in [0.1, 0.15) is 32.6 Å². The van der Waals surface area contributed by atoms with Gasteiger partial charge in [-0.2, -0.15) is 0 Å². The Morgan fingerprint density at radius 2 is 1.94 bits per heavy atom. The molecule has 0 atom stereocenters. The lowest BCUT2D eigenvalue weighted by molar-refractivity contribution is 0.702. The monoisotopic (exact) mass is 231 g/mol. The number of guanidine groups is 1. The highest BCUT2D eigenvalue weighted by molar-refractivity contribution is 5.94. The fourth-order valence-corrected chi connectivity index (χ4v) is 2.37. The molecule has 3 heteroatoms. The molecule has 0 aliphatic heterocycles. The molecule has 1 fully saturated rings. The second kappa shape index (κ2) is 5.71. The number of hydrogen-bond acceptors (Lipinski definition) is 1.